The molecule has 0 aromatic heterocycles. The number of anilines is 1. The minimum atomic E-state index is 0.579. The van der Waals surface area contributed by atoms with Crippen molar-refractivity contribution in [2.75, 3.05) is 4.31 Å². The van der Waals surface area contributed by atoms with Crippen LogP contribution in [0.5, 0.6) is 0 Å². The van der Waals surface area contributed by atoms with E-state index >= 15 is 0 Å². The van der Waals surface area contributed by atoms with E-state index in [2.05, 4.69) is 20.8 Å². The lowest BCUT2D eigenvalue weighted by atomic mass is 10.1. The largest absolute Gasteiger partial charge is 0.292 e. The van der Waals surface area contributed by atoms with E-state index in [-0.39, 0.29) is 0 Å². The van der Waals surface area contributed by atoms with Gasteiger partial charge in [-0.3, -0.25) is 4.31 Å². The quantitative estimate of drug-likeness (QED) is 0.726. The minimum Gasteiger partial charge on any atom is -0.292 e. The molecule has 0 radical (unpaired) electrons. The fraction of sp³-hybridized carbons (Fsp3) is 0.0714. The van der Waals surface area contributed by atoms with E-state index in [0.717, 1.165) is 23.4 Å². The topological polar surface area (TPSA) is 15.6 Å². The molecular weight excluding hydrogens is 299 g/mol. The summed E-state index contributed by atoms with van der Waals surface area (Å²) < 4.78 is 6.43. The van der Waals surface area contributed by atoms with E-state index in [0.29, 0.717) is 10.0 Å². The fourth-order valence-corrected chi connectivity index (χ4v) is 2.98. The summed E-state index contributed by atoms with van der Waals surface area (Å²) in [7, 11) is 0. The Kier molecular flexibility index (Phi) is 3.69. The summed E-state index contributed by atoms with van der Waals surface area (Å²) in [4.78, 5) is 0. The molecule has 0 N–H and O–H groups in total. The summed E-state index contributed by atoms with van der Waals surface area (Å²) in [6.45, 7) is 0.732. The Hall–Kier alpha value is -1.16. The van der Waals surface area contributed by atoms with Crippen molar-refractivity contribution in [1.29, 1.82) is 0 Å². The maximum Gasteiger partial charge on any atom is 0.0933 e. The van der Waals surface area contributed by atoms with Gasteiger partial charge < -0.3 is 0 Å². The van der Waals surface area contributed by atoms with Crippen LogP contribution in [0.3, 0.4) is 0 Å². The lowest BCUT2D eigenvalue weighted by molar-refractivity contribution is 1.05. The van der Waals surface area contributed by atoms with Crippen molar-refractivity contribution in [3.63, 3.8) is 0 Å². The van der Waals surface area contributed by atoms with Gasteiger partial charge in [0.1, 0.15) is 0 Å². The van der Waals surface area contributed by atoms with Crippen molar-refractivity contribution < 1.29 is 0 Å². The zero-order chi connectivity index (χ0) is 13.2. The molecule has 5 heteroatoms. The predicted molar refractivity (Wildman–Crippen MR) is 84.3 cm³/mol. The number of hydrogen-bond acceptors (Lipinski definition) is 3. The maximum atomic E-state index is 6.04. The van der Waals surface area contributed by atoms with Crippen LogP contribution < -0.4 is 4.31 Å². The summed E-state index contributed by atoms with van der Waals surface area (Å²) in [5, 5.41) is 1.16. The molecule has 2 nitrogen and oxygen atoms in total. The molecule has 1 aliphatic rings. The molecule has 2 aromatic rings. The molecule has 3 rings (SSSR count). The maximum absolute atomic E-state index is 6.04. The summed E-state index contributed by atoms with van der Waals surface area (Å²) in [6.07, 6.45) is 1.88. The third kappa shape index (κ3) is 2.73. The number of para-hydroxylation sites is 1. The predicted octanol–water partition coefficient (Wildman–Crippen LogP) is 5.00. The molecule has 0 spiro atoms. The lowest BCUT2D eigenvalue weighted by Crippen LogP contribution is -2.17. The van der Waals surface area contributed by atoms with Gasteiger partial charge in [-0.15, -0.1) is 0 Å². The first kappa shape index (κ1) is 12.9. The molecule has 1 heterocycles. The van der Waals surface area contributed by atoms with Gasteiger partial charge >= 0.3 is 0 Å². The SMILES string of the molecule is Clc1ccc(CN2SN=Cc3ccccc32)cc1Cl. The number of nitrogens with zero attached hydrogens (tertiary/aromatic N) is 2. The van der Waals surface area contributed by atoms with Crippen molar-refractivity contribution in [2.24, 2.45) is 4.40 Å². The van der Waals surface area contributed by atoms with Crippen molar-refractivity contribution in [1.82, 2.24) is 0 Å². The number of hydrogen-bond donors (Lipinski definition) is 0. The van der Waals surface area contributed by atoms with E-state index < -0.39 is 0 Å². The van der Waals surface area contributed by atoms with Crippen LogP contribution in [-0.4, -0.2) is 6.21 Å². The Morgan fingerprint density at radius 3 is 2.74 bits per heavy atom. The summed E-state index contributed by atoms with van der Waals surface area (Å²) >= 11 is 13.4. The average molecular weight is 309 g/mol. The van der Waals surface area contributed by atoms with Crippen LogP contribution in [-0.2, 0) is 6.54 Å². The highest BCUT2D eigenvalue weighted by molar-refractivity contribution is 7.99. The Morgan fingerprint density at radius 2 is 1.89 bits per heavy atom. The molecular formula is C14H10Cl2N2S. The molecule has 0 bridgehead atoms. The molecule has 19 heavy (non-hydrogen) atoms. The van der Waals surface area contributed by atoms with Crippen LogP contribution in [0.1, 0.15) is 11.1 Å². The zero-order valence-electron chi connectivity index (χ0n) is 9.88. The van der Waals surface area contributed by atoms with Gasteiger partial charge in [0.25, 0.3) is 0 Å². The molecule has 1 aliphatic heterocycles. The zero-order valence-corrected chi connectivity index (χ0v) is 12.2. The van der Waals surface area contributed by atoms with Gasteiger partial charge in [0.05, 0.1) is 34.4 Å². The molecule has 0 aliphatic carbocycles. The highest BCUT2D eigenvalue weighted by Crippen LogP contribution is 2.33. The molecule has 0 amide bonds. The molecule has 0 saturated carbocycles. The third-order valence-electron chi connectivity index (χ3n) is 2.85. The Bertz CT molecular complexity index is 643. The highest BCUT2D eigenvalue weighted by Gasteiger charge is 2.15. The molecule has 0 saturated heterocycles. The van der Waals surface area contributed by atoms with Crippen LogP contribution in [0.15, 0.2) is 46.9 Å². The van der Waals surface area contributed by atoms with Crippen LogP contribution in [0.4, 0.5) is 5.69 Å². The minimum absolute atomic E-state index is 0.579. The van der Waals surface area contributed by atoms with Gasteiger partial charge in [0, 0.05) is 11.8 Å². The number of halogens is 2. The molecule has 96 valence electrons. The summed E-state index contributed by atoms with van der Waals surface area (Å²) in [6, 6.07) is 13.9. The smallest absolute Gasteiger partial charge is 0.0933 e. The summed E-state index contributed by atoms with van der Waals surface area (Å²) in [5.41, 5.74) is 3.39. The molecule has 2 aromatic carbocycles. The van der Waals surface area contributed by atoms with Crippen molar-refractivity contribution in [3.8, 4) is 0 Å². The van der Waals surface area contributed by atoms with E-state index in [1.807, 2.05) is 36.5 Å². The number of fused-ring (bicyclic) bond motifs is 1. The second kappa shape index (κ2) is 5.45. The average Bonchev–Trinajstić information content (AvgIpc) is 2.43. The van der Waals surface area contributed by atoms with Gasteiger partial charge in [-0.2, -0.15) is 0 Å². The summed E-state index contributed by atoms with van der Waals surface area (Å²) in [5.74, 6) is 0. The molecule has 0 unspecified atom stereocenters. The third-order valence-corrected chi connectivity index (χ3v) is 4.31. The van der Waals surface area contributed by atoms with Gasteiger partial charge in [0.2, 0.25) is 0 Å². The molecule has 0 fully saturated rings. The fourth-order valence-electron chi connectivity index (χ4n) is 1.92. The van der Waals surface area contributed by atoms with Crippen LogP contribution in [0.2, 0.25) is 10.0 Å². The van der Waals surface area contributed by atoms with Gasteiger partial charge in [0.15, 0.2) is 0 Å². The Balaban J connectivity index is 1.88. The number of benzene rings is 2. The van der Waals surface area contributed by atoms with Crippen molar-refractivity contribution >= 4 is 47.2 Å². The Morgan fingerprint density at radius 1 is 1.05 bits per heavy atom. The first-order valence-electron chi connectivity index (χ1n) is 5.75. The first-order chi connectivity index (χ1) is 9.24. The van der Waals surface area contributed by atoms with E-state index in [1.54, 1.807) is 0 Å². The number of rotatable bonds is 2. The van der Waals surface area contributed by atoms with Crippen LogP contribution >= 0.6 is 35.3 Å². The second-order valence-electron chi connectivity index (χ2n) is 4.16. The van der Waals surface area contributed by atoms with Gasteiger partial charge in [-0.05, 0) is 23.8 Å². The van der Waals surface area contributed by atoms with Gasteiger partial charge in [-0.1, -0.05) is 47.5 Å². The van der Waals surface area contributed by atoms with E-state index in [1.165, 1.54) is 12.1 Å². The Labute approximate surface area is 126 Å². The second-order valence-corrected chi connectivity index (χ2v) is 5.79. The molecule has 0 atom stereocenters. The lowest BCUT2D eigenvalue weighted by Gasteiger charge is -2.25. The monoisotopic (exact) mass is 308 g/mol. The van der Waals surface area contributed by atoms with E-state index in [9.17, 15) is 0 Å². The van der Waals surface area contributed by atoms with Gasteiger partial charge in [-0.25, -0.2) is 4.40 Å². The van der Waals surface area contributed by atoms with E-state index in [4.69, 9.17) is 23.2 Å². The normalized spacial score (nSPS) is 13.5. The van der Waals surface area contributed by atoms with Crippen LogP contribution in [0.25, 0.3) is 0 Å². The first-order valence-corrected chi connectivity index (χ1v) is 7.23. The van der Waals surface area contributed by atoms with Crippen LogP contribution in [0, 0.1) is 0 Å². The highest BCUT2D eigenvalue weighted by atomic mass is 35.5. The van der Waals surface area contributed by atoms with Crippen molar-refractivity contribution in [3.05, 3.63) is 63.6 Å². The standard InChI is InChI=1S/C14H10Cl2N2S/c15-12-6-5-10(7-13(12)16)9-18-14-4-2-1-3-11(14)8-17-19-18/h1-8H,9H2. The van der Waals surface area contributed by atoms with Crippen molar-refractivity contribution in [2.45, 2.75) is 6.54 Å².